The number of benzene rings is 2. The second-order valence-corrected chi connectivity index (χ2v) is 17.2. The fourth-order valence-corrected chi connectivity index (χ4v) is 10.5. The number of nitrogens with zero attached hydrogens (tertiary/aromatic N) is 2. The molecule has 10 atom stereocenters. The fraction of sp³-hybridized carbons (Fsp3) is 0.605. The highest BCUT2D eigenvalue weighted by Gasteiger charge is 2.78. The van der Waals surface area contributed by atoms with Crippen molar-refractivity contribution in [3.63, 3.8) is 0 Å². The number of amides is 2. The molecule has 8 fully saturated rings. The summed E-state index contributed by atoms with van der Waals surface area (Å²) in [6.07, 6.45) is 10.3. The van der Waals surface area contributed by atoms with Gasteiger partial charge in [-0.25, -0.2) is 0 Å². The number of epoxide rings is 1. The van der Waals surface area contributed by atoms with Gasteiger partial charge in [0, 0.05) is 38.3 Å². The quantitative estimate of drug-likeness (QED) is 0.231. The molecule has 4 saturated heterocycles. The maximum atomic E-state index is 15.5. The number of esters is 1. The number of rotatable bonds is 13. The van der Waals surface area contributed by atoms with Crippen molar-refractivity contribution in [3.05, 3.63) is 77.4 Å². The summed E-state index contributed by atoms with van der Waals surface area (Å²) in [7, 11) is 1.64. The van der Waals surface area contributed by atoms with E-state index in [1.165, 1.54) is 4.90 Å². The molecule has 2 N–H and O–H groups in total. The van der Waals surface area contributed by atoms with E-state index in [2.05, 4.69) is 29.6 Å². The Morgan fingerprint density at radius 1 is 0.964 bits per heavy atom. The number of carbonyl (C=O) groups excluding carboxylic acids is 3. The van der Waals surface area contributed by atoms with Gasteiger partial charge in [-0.15, -0.1) is 0 Å². The van der Waals surface area contributed by atoms with E-state index in [0.717, 1.165) is 61.6 Å². The van der Waals surface area contributed by atoms with Gasteiger partial charge in [0.15, 0.2) is 11.8 Å². The fourth-order valence-electron chi connectivity index (χ4n) is 10.5. The zero-order valence-corrected chi connectivity index (χ0v) is 31.3. The predicted octanol–water partition coefficient (Wildman–Crippen LogP) is 3.55. The van der Waals surface area contributed by atoms with Crippen LogP contribution in [0.25, 0.3) is 6.08 Å². The largest absolute Gasteiger partial charge is 0.458 e. The third-order valence-corrected chi connectivity index (χ3v) is 13.6. The normalized spacial score (nSPS) is 36.1. The van der Waals surface area contributed by atoms with Crippen molar-refractivity contribution in [1.82, 2.24) is 15.3 Å². The topological polar surface area (TPSA) is 139 Å². The van der Waals surface area contributed by atoms with Crippen LogP contribution >= 0.6 is 0 Å². The average molecular weight is 754 g/mol. The number of aliphatic hydroxyl groups excluding tert-OH is 1. The number of hydroxylamine groups is 2. The highest BCUT2D eigenvalue weighted by atomic mass is 16.8. The Hall–Kier alpha value is -3.65. The Morgan fingerprint density at radius 2 is 1.73 bits per heavy atom. The summed E-state index contributed by atoms with van der Waals surface area (Å²) >= 11 is 0. The molecule has 4 heterocycles. The minimum absolute atomic E-state index is 0.0531. The summed E-state index contributed by atoms with van der Waals surface area (Å²) < 4.78 is 26.0. The molecular weight excluding hydrogens is 702 g/mol. The molecule has 4 aliphatic heterocycles. The van der Waals surface area contributed by atoms with Crippen molar-refractivity contribution in [2.24, 2.45) is 23.2 Å². The average Bonchev–Trinajstić information content (AvgIpc) is 4.10. The number of hydrogen-bond donors (Lipinski definition) is 2. The van der Waals surface area contributed by atoms with Gasteiger partial charge in [0.1, 0.15) is 35.9 Å². The van der Waals surface area contributed by atoms with Crippen molar-refractivity contribution in [2.75, 3.05) is 20.2 Å². The summed E-state index contributed by atoms with van der Waals surface area (Å²) in [6, 6.07) is 15.7. The first kappa shape index (κ1) is 35.7. The lowest BCUT2D eigenvalue weighted by Gasteiger charge is -2.50. The molecule has 2 aromatic carbocycles. The number of hydrogen-bond acceptors (Lipinski definition) is 10. The van der Waals surface area contributed by atoms with Gasteiger partial charge in [0.25, 0.3) is 0 Å². The van der Waals surface area contributed by atoms with Crippen LogP contribution in [0.1, 0.15) is 68.1 Å². The van der Waals surface area contributed by atoms with Crippen molar-refractivity contribution >= 4 is 23.9 Å². The van der Waals surface area contributed by atoms with Crippen LogP contribution in [-0.2, 0) is 51.1 Å². The molecule has 10 rings (SSSR count). The van der Waals surface area contributed by atoms with Crippen LogP contribution in [0.2, 0.25) is 0 Å². The molecule has 0 spiro atoms. The molecule has 2 amide bonds. The van der Waals surface area contributed by atoms with Gasteiger partial charge in [-0.3, -0.25) is 19.2 Å². The molecule has 8 aliphatic rings. The van der Waals surface area contributed by atoms with Crippen LogP contribution in [0, 0.1) is 23.2 Å². The standard InChI is InChI=1S/C43H51N3O9/c1-45(31(39(48)44-18-19-47)21-25-6-3-2-4-7-25)41(50)42-23-34-35-36(54-43(53-35,29-13-14-29)30-15-16-30)38(42)55-46(37(42)40(49)52-34)24-28-9-5-8-26(20-28)10-11-27-12-17-32-33(22-27)51-32/h2-11,20,27,29-38,47H,12-19,21-24H2,1H3,(H,44,48)/t27?,31-,32?,33?,34-,35+,36+,37+,38-,42+/m1/s1. The maximum Gasteiger partial charge on any atom is 0.327 e. The number of nitrogens with one attached hydrogen (secondary N) is 1. The van der Waals surface area contributed by atoms with Gasteiger partial charge in [0.2, 0.25) is 11.8 Å². The molecule has 4 saturated carbocycles. The molecule has 0 aromatic heterocycles. The van der Waals surface area contributed by atoms with Crippen LogP contribution in [0.15, 0.2) is 60.7 Å². The highest BCUT2D eigenvalue weighted by molar-refractivity contribution is 5.96. The molecular formula is C43H51N3O9. The lowest BCUT2D eigenvalue weighted by Crippen LogP contribution is -2.70. The van der Waals surface area contributed by atoms with E-state index in [1.54, 1.807) is 12.1 Å². The second kappa shape index (κ2) is 13.8. The van der Waals surface area contributed by atoms with Crippen molar-refractivity contribution in [2.45, 2.75) is 119 Å². The second-order valence-electron chi connectivity index (χ2n) is 17.2. The Bertz CT molecular complexity index is 1840. The maximum absolute atomic E-state index is 15.5. The number of aliphatic hydroxyl groups is 1. The van der Waals surface area contributed by atoms with Crippen LogP contribution < -0.4 is 5.32 Å². The molecule has 3 unspecified atom stereocenters. The number of ether oxygens (including phenoxy) is 4. The van der Waals surface area contributed by atoms with Gasteiger partial charge in [0.05, 0.1) is 25.4 Å². The highest BCUT2D eigenvalue weighted by Crippen LogP contribution is 2.64. The molecule has 2 aromatic rings. The summed E-state index contributed by atoms with van der Waals surface area (Å²) in [5.41, 5.74) is 1.45. The van der Waals surface area contributed by atoms with Crippen molar-refractivity contribution in [3.8, 4) is 0 Å². The molecule has 2 bridgehead atoms. The minimum atomic E-state index is -1.41. The third kappa shape index (κ3) is 6.24. The Balaban J connectivity index is 0.986. The van der Waals surface area contributed by atoms with E-state index in [-0.39, 0.29) is 56.2 Å². The van der Waals surface area contributed by atoms with Gasteiger partial charge in [-0.2, -0.15) is 5.06 Å². The first-order chi connectivity index (χ1) is 26.8. The Labute approximate surface area is 321 Å². The molecule has 292 valence electrons. The van der Waals surface area contributed by atoms with E-state index in [9.17, 15) is 14.7 Å². The van der Waals surface area contributed by atoms with E-state index >= 15 is 4.79 Å². The molecule has 12 heteroatoms. The van der Waals surface area contributed by atoms with E-state index in [4.69, 9.17) is 23.8 Å². The number of allylic oxidation sites excluding steroid dienone is 1. The molecule has 55 heavy (non-hydrogen) atoms. The molecule has 0 radical (unpaired) electrons. The van der Waals surface area contributed by atoms with Gasteiger partial charge in [-0.05, 0) is 67.6 Å². The summed E-state index contributed by atoms with van der Waals surface area (Å²) in [6.45, 7) is 0.0579. The monoisotopic (exact) mass is 753 g/mol. The van der Waals surface area contributed by atoms with E-state index in [0.29, 0.717) is 18.1 Å². The van der Waals surface area contributed by atoms with Crippen LogP contribution in [0.3, 0.4) is 0 Å². The number of fused-ring (bicyclic) bond motifs is 5. The first-order valence-corrected chi connectivity index (χ1v) is 20.4. The lowest BCUT2D eigenvalue weighted by molar-refractivity contribution is -0.235. The van der Waals surface area contributed by atoms with E-state index in [1.807, 2.05) is 42.5 Å². The predicted molar refractivity (Wildman–Crippen MR) is 197 cm³/mol. The zero-order chi connectivity index (χ0) is 37.5. The summed E-state index contributed by atoms with van der Waals surface area (Å²) in [5, 5.41) is 14.0. The Morgan fingerprint density at radius 3 is 2.47 bits per heavy atom. The lowest BCUT2D eigenvalue weighted by atomic mass is 9.62. The SMILES string of the molecule is CN(C(=O)[C@@]12C[C@H]3OC(=O)[C@@H]1N(Cc1cccc(C=CC4CCC5OC5C4)c1)O[C@@H]2[C@H]1OC(C2CC2)(C2CC2)O[C@H]13)[C@H](Cc1ccccc1)C(=O)NCCO. The number of likely N-dealkylation sites (N-methyl/N-ethyl adjacent to an activating group) is 1. The van der Waals surface area contributed by atoms with Crippen molar-refractivity contribution < 1.29 is 43.3 Å². The van der Waals surface area contributed by atoms with Crippen LogP contribution in [0.4, 0.5) is 0 Å². The van der Waals surface area contributed by atoms with Gasteiger partial charge in [-0.1, -0.05) is 66.7 Å². The smallest absolute Gasteiger partial charge is 0.327 e. The summed E-state index contributed by atoms with van der Waals surface area (Å²) in [5.74, 6) is -1.04. The first-order valence-electron chi connectivity index (χ1n) is 20.4. The number of carbonyl (C=O) groups is 3. The zero-order valence-electron chi connectivity index (χ0n) is 31.3. The van der Waals surface area contributed by atoms with Crippen molar-refractivity contribution in [1.29, 1.82) is 0 Å². The molecule has 12 nitrogen and oxygen atoms in total. The van der Waals surface area contributed by atoms with Crippen LogP contribution in [0.5, 0.6) is 0 Å². The van der Waals surface area contributed by atoms with E-state index < -0.39 is 53.7 Å². The van der Waals surface area contributed by atoms with Gasteiger partial charge >= 0.3 is 5.97 Å². The molecule has 4 aliphatic carbocycles. The summed E-state index contributed by atoms with van der Waals surface area (Å²) in [4.78, 5) is 52.1. The van der Waals surface area contributed by atoms with Gasteiger partial charge < -0.3 is 34.3 Å². The third-order valence-electron chi connectivity index (χ3n) is 13.6. The Kier molecular flexibility index (Phi) is 8.95. The minimum Gasteiger partial charge on any atom is -0.458 e. The van der Waals surface area contributed by atoms with Crippen LogP contribution in [-0.4, -0.2) is 108 Å².